The molecular formula is C16H18ClN3O3. The summed E-state index contributed by atoms with van der Waals surface area (Å²) < 4.78 is 1.46. The Morgan fingerprint density at radius 2 is 2.04 bits per heavy atom. The van der Waals surface area contributed by atoms with Crippen LogP contribution >= 0.6 is 11.6 Å². The van der Waals surface area contributed by atoms with E-state index in [-0.39, 0.29) is 18.2 Å². The third-order valence-electron chi connectivity index (χ3n) is 3.19. The fraction of sp³-hybridized carbons (Fsp3) is 0.250. The number of pyridine rings is 1. The third-order valence-corrected chi connectivity index (χ3v) is 3.56. The van der Waals surface area contributed by atoms with Gasteiger partial charge in [-0.1, -0.05) is 29.8 Å². The Hall–Kier alpha value is -2.31. The Balaban J connectivity index is 2.15. The van der Waals surface area contributed by atoms with Crippen LogP contribution < -0.4 is 16.2 Å². The zero-order chi connectivity index (χ0) is 16.8. The Morgan fingerprint density at radius 3 is 2.74 bits per heavy atom. The molecule has 0 aliphatic heterocycles. The van der Waals surface area contributed by atoms with Crippen molar-refractivity contribution < 1.29 is 9.90 Å². The van der Waals surface area contributed by atoms with Gasteiger partial charge in [-0.3, -0.25) is 4.79 Å². The van der Waals surface area contributed by atoms with Crippen molar-refractivity contribution in [1.82, 2.24) is 9.88 Å². The third kappa shape index (κ3) is 4.84. The van der Waals surface area contributed by atoms with Crippen molar-refractivity contribution in [3.05, 3.63) is 63.5 Å². The first-order valence-electron chi connectivity index (χ1n) is 7.12. The molecule has 0 saturated carbocycles. The number of aliphatic hydroxyl groups excluding tert-OH is 1. The molecule has 1 atom stereocenters. The first kappa shape index (κ1) is 17.1. The number of rotatable bonds is 5. The predicted octanol–water partition coefficient (Wildman–Crippen LogP) is 2.05. The number of carbonyl (C=O) groups is 1. The van der Waals surface area contributed by atoms with Crippen LogP contribution in [0.4, 0.5) is 10.5 Å². The second-order valence-corrected chi connectivity index (χ2v) is 5.56. The fourth-order valence-electron chi connectivity index (χ4n) is 1.98. The van der Waals surface area contributed by atoms with Gasteiger partial charge in [-0.15, -0.1) is 0 Å². The number of nitrogens with one attached hydrogen (secondary N) is 2. The van der Waals surface area contributed by atoms with Gasteiger partial charge in [-0.25, -0.2) is 4.79 Å². The molecule has 0 aliphatic rings. The topological polar surface area (TPSA) is 83.4 Å². The monoisotopic (exact) mass is 335 g/mol. The number of carbonyl (C=O) groups excluding carboxylic acids is 1. The van der Waals surface area contributed by atoms with Crippen molar-refractivity contribution in [3.8, 4) is 0 Å². The summed E-state index contributed by atoms with van der Waals surface area (Å²) in [4.78, 5) is 23.7. The van der Waals surface area contributed by atoms with Crippen molar-refractivity contribution in [2.75, 3.05) is 11.9 Å². The molecule has 0 saturated heterocycles. The Bertz CT molecular complexity index is 745. The van der Waals surface area contributed by atoms with E-state index in [0.29, 0.717) is 17.3 Å². The molecule has 2 aromatic rings. The van der Waals surface area contributed by atoms with Gasteiger partial charge in [0.15, 0.2) is 0 Å². The molecule has 7 heteroatoms. The maximum absolute atomic E-state index is 12.0. The van der Waals surface area contributed by atoms with Crippen LogP contribution in [-0.2, 0) is 6.54 Å². The van der Waals surface area contributed by atoms with Gasteiger partial charge in [0.25, 0.3) is 5.56 Å². The highest BCUT2D eigenvalue weighted by atomic mass is 35.5. The summed E-state index contributed by atoms with van der Waals surface area (Å²) in [5.41, 5.74) is 1.09. The number of aliphatic hydroxyl groups is 1. The van der Waals surface area contributed by atoms with Crippen LogP contribution in [0, 0.1) is 0 Å². The minimum absolute atomic E-state index is 0.153. The Kier molecular flexibility index (Phi) is 5.78. The van der Waals surface area contributed by atoms with Crippen molar-refractivity contribution >= 4 is 23.3 Å². The minimum atomic E-state index is -0.450. The first-order chi connectivity index (χ1) is 11.0. The molecule has 2 amide bonds. The Morgan fingerprint density at radius 1 is 1.30 bits per heavy atom. The molecular weight excluding hydrogens is 318 g/mol. The molecule has 23 heavy (non-hydrogen) atoms. The van der Waals surface area contributed by atoms with Crippen molar-refractivity contribution in [2.24, 2.45) is 0 Å². The normalized spacial score (nSPS) is 11.8. The van der Waals surface area contributed by atoms with Crippen LogP contribution in [0.15, 0.2) is 47.4 Å². The molecule has 1 aromatic heterocycles. The van der Waals surface area contributed by atoms with E-state index < -0.39 is 6.03 Å². The highest BCUT2D eigenvalue weighted by Crippen LogP contribution is 2.16. The van der Waals surface area contributed by atoms with Gasteiger partial charge in [-0.2, -0.15) is 0 Å². The SMILES string of the molecule is C[C@H](CO)NC(=O)Nc1ccc(=O)n(Cc2ccccc2Cl)c1. The highest BCUT2D eigenvalue weighted by molar-refractivity contribution is 6.31. The van der Waals surface area contributed by atoms with Crippen molar-refractivity contribution in [1.29, 1.82) is 0 Å². The van der Waals surface area contributed by atoms with Gasteiger partial charge in [-0.05, 0) is 24.6 Å². The lowest BCUT2D eigenvalue weighted by atomic mass is 10.2. The molecule has 0 radical (unpaired) electrons. The molecule has 0 fully saturated rings. The van der Waals surface area contributed by atoms with Crippen LogP contribution in [0.5, 0.6) is 0 Å². The van der Waals surface area contributed by atoms with Crippen LogP contribution in [-0.4, -0.2) is 28.4 Å². The largest absolute Gasteiger partial charge is 0.394 e. The number of anilines is 1. The maximum Gasteiger partial charge on any atom is 0.319 e. The zero-order valence-electron chi connectivity index (χ0n) is 12.6. The Labute approximate surface area is 138 Å². The molecule has 2 rings (SSSR count). The smallest absolute Gasteiger partial charge is 0.319 e. The van der Waals surface area contributed by atoms with Gasteiger partial charge < -0.3 is 20.3 Å². The number of amides is 2. The molecule has 1 aromatic carbocycles. The lowest BCUT2D eigenvalue weighted by Crippen LogP contribution is -2.38. The van der Waals surface area contributed by atoms with E-state index in [4.69, 9.17) is 16.7 Å². The average Bonchev–Trinajstić information content (AvgIpc) is 2.52. The summed E-state index contributed by atoms with van der Waals surface area (Å²) >= 11 is 6.11. The van der Waals surface area contributed by atoms with Crippen LogP contribution in [0.3, 0.4) is 0 Å². The number of benzene rings is 1. The van der Waals surface area contributed by atoms with Crippen molar-refractivity contribution in [2.45, 2.75) is 19.5 Å². The highest BCUT2D eigenvalue weighted by Gasteiger charge is 2.08. The molecule has 0 bridgehead atoms. The van der Waals surface area contributed by atoms with E-state index in [1.807, 2.05) is 18.2 Å². The van der Waals surface area contributed by atoms with Gasteiger partial charge >= 0.3 is 6.03 Å². The van der Waals surface area contributed by atoms with E-state index in [1.54, 1.807) is 19.2 Å². The first-order valence-corrected chi connectivity index (χ1v) is 7.49. The van der Waals surface area contributed by atoms with Gasteiger partial charge in [0.05, 0.1) is 24.9 Å². The van der Waals surface area contributed by atoms with Gasteiger partial charge in [0, 0.05) is 17.3 Å². The lowest BCUT2D eigenvalue weighted by Gasteiger charge is -2.13. The molecule has 6 nitrogen and oxygen atoms in total. The average molecular weight is 336 g/mol. The predicted molar refractivity (Wildman–Crippen MR) is 90.0 cm³/mol. The molecule has 0 spiro atoms. The second-order valence-electron chi connectivity index (χ2n) is 5.16. The number of hydrogen-bond acceptors (Lipinski definition) is 3. The molecule has 122 valence electrons. The van der Waals surface area contributed by atoms with Crippen molar-refractivity contribution in [3.63, 3.8) is 0 Å². The quantitative estimate of drug-likeness (QED) is 0.782. The number of urea groups is 1. The minimum Gasteiger partial charge on any atom is -0.394 e. The van der Waals surface area contributed by atoms with Crippen LogP contribution in [0.25, 0.3) is 0 Å². The van der Waals surface area contributed by atoms with E-state index in [1.165, 1.54) is 16.7 Å². The van der Waals surface area contributed by atoms with Gasteiger partial charge in [0.1, 0.15) is 0 Å². The van der Waals surface area contributed by atoms with E-state index in [9.17, 15) is 9.59 Å². The summed E-state index contributed by atoms with van der Waals surface area (Å²) in [6.07, 6.45) is 1.55. The molecule has 3 N–H and O–H groups in total. The van der Waals surface area contributed by atoms with Gasteiger partial charge in [0.2, 0.25) is 0 Å². The summed E-state index contributed by atoms with van der Waals surface area (Å²) in [5, 5.41) is 14.7. The lowest BCUT2D eigenvalue weighted by molar-refractivity contribution is 0.229. The summed E-state index contributed by atoms with van der Waals surface area (Å²) in [5.74, 6) is 0. The van der Waals surface area contributed by atoms with E-state index in [0.717, 1.165) is 5.56 Å². The van der Waals surface area contributed by atoms with Crippen LogP contribution in [0.1, 0.15) is 12.5 Å². The summed E-state index contributed by atoms with van der Waals surface area (Å²) in [6.45, 7) is 1.83. The number of nitrogens with zero attached hydrogens (tertiary/aromatic N) is 1. The molecule has 1 heterocycles. The van der Waals surface area contributed by atoms with E-state index >= 15 is 0 Å². The van der Waals surface area contributed by atoms with Crippen LogP contribution in [0.2, 0.25) is 5.02 Å². The zero-order valence-corrected chi connectivity index (χ0v) is 13.4. The summed E-state index contributed by atoms with van der Waals surface area (Å²) in [7, 11) is 0. The number of hydrogen-bond donors (Lipinski definition) is 3. The molecule has 0 unspecified atom stereocenters. The standard InChI is InChI=1S/C16H18ClN3O3/c1-11(10-21)18-16(23)19-13-6-7-15(22)20(9-13)8-12-4-2-3-5-14(12)17/h2-7,9,11,21H,8,10H2,1H3,(H2,18,19,23)/t11-/m1/s1. The molecule has 0 aliphatic carbocycles. The van der Waals surface area contributed by atoms with E-state index in [2.05, 4.69) is 10.6 Å². The maximum atomic E-state index is 12.0. The fourth-order valence-corrected chi connectivity index (χ4v) is 2.17. The number of halogens is 1. The summed E-state index contributed by atoms with van der Waals surface area (Å²) in [6, 6.07) is 9.35. The second kappa shape index (κ2) is 7.80. The number of aromatic nitrogens is 1.